The predicted octanol–water partition coefficient (Wildman–Crippen LogP) is 7.43. The lowest BCUT2D eigenvalue weighted by Crippen LogP contribution is -2.41. The molecular weight excluding hydrogens is 600 g/mol. The summed E-state index contributed by atoms with van der Waals surface area (Å²) in [5.41, 5.74) is 3.21. The first-order valence-corrected chi connectivity index (χ1v) is 16.1. The second kappa shape index (κ2) is 14.6. The number of sulfonamides is 1. The number of carboxylic acids is 1. The molecule has 4 rings (SSSR count). The molecule has 0 bridgehead atoms. The van der Waals surface area contributed by atoms with Gasteiger partial charge in [0.25, 0.3) is 10.0 Å². The number of benzene rings is 4. The molecule has 0 heterocycles. The van der Waals surface area contributed by atoms with E-state index in [1.54, 1.807) is 45.0 Å². The van der Waals surface area contributed by atoms with Crippen LogP contribution >= 0.6 is 0 Å². The maximum atomic E-state index is 13.6. The molecule has 1 N–H and O–H groups in total. The summed E-state index contributed by atoms with van der Waals surface area (Å²) in [6.45, 7) is 4.96. The molecule has 46 heavy (non-hydrogen) atoms. The summed E-state index contributed by atoms with van der Waals surface area (Å²) in [6, 6.07) is 31.0. The molecule has 1 unspecified atom stereocenters. The third-order valence-electron chi connectivity index (χ3n) is 6.93. The Morgan fingerprint density at radius 1 is 0.870 bits per heavy atom. The number of hydrogen-bond acceptors (Lipinski definition) is 6. The smallest absolute Gasteiger partial charge is 0.429 e. The van der Waals surface area contributed by atoms with E-state index in [-0.39, 0.29) is 17.0 Å². The summed E-state index contributed by atoms with van der Waals surface area (Å²) in [4.78, 5) is 24.8. The standard InChI is InChI=1S/C37H34N2O6S/c1-37(2,3)45-36(42)39(33-13-5-4-6-14-33)46(43,44)34-23-18-27(19-24-34)9-7-11-31(35(40)41)22-17-28-15-20-30(21-16-28)32-12-8-10-29(25-32)26-38/h4-6,8,10,12-16,18-21,23-25,31H,11,17,22H2,1-3H3,(H,40,41). The van der Waals surface area contributed by atoms with Crippen LogP contribution in [0, 0.1) is 29.1 Å². The van der Waals surface area contributed by atoms with Gasteiger partial charge in [0.05, 0.1) is 28.1 Å². The summed E-state index contributed by atoms with van der Waals surface area (Å²) >= 11 is 0. The first-order valence-electron chi connectivity index (χ1n) is 14.6. The van der Waals surface area contributed by atoms with Crippen molar-refractivity contribution in [1.29, 1.82) is 5.26 Å². The first kappa shape index (κ1) is 33.5. The zero-order valence-corrected chi connectivity index (χ0v) is 26.6. The van der Waals surface area contributed by atoms with Gasteiger partial charge in [-0.15, -0.1) is 0 Å². The van der Waals surface area contributed by atoms with Crippen LogP contribution in [0.3, 0.4) is 0 Å². The molecule has 0 saturated heterocycles. The summed E-state index contributed by atoms with van der Waals surface area (Å²) in [7, 11) is -4.32. The molecule has 4 aromatic carbocycles. The van der Waals surface area contributed by atoms with Gasteiger partial charge in [0.1, 0.15) is 5.60 Å². The molecule has 8 nitrogen and oxygen atoms in total. The number of nitrogens with zero attached hydrogens (tertiary/aromatic N) is 2. The van der Waals surface area contributed by atoms with Crippen molar-refractivity contribution < 1.29 is 27.9 Å². The lowest BCUT2D eigenvalue weighted by atomic mass is 9.95. The van der Waals surface area contributed by atoms with Crippen LogP contribution in [0.5, 0.6) is 0 Å². The quantitative estimate of drug-likeness (QED) is 0.190. The number of carboxylic acid groups (broad SMARTS) is 1. The van der Waals surface area contributed by atoms with Crippen molar-refractivity contribution in [1.82, 2.24) is 0 Å². The van der Waals surface area contributed by atoms with Gasteiger partial charge in [-0.2, -0.15) is 9.57 Å². The molecule has 1 atom stereocenters. The lowest BCUT2D eigenvalue weighted by Gasteiger charge is -2.27. The van der Waals surface area contributed by atoms with Gasteiger partial charge in [0.15, 0.2) is 0 Å². The van der Waals surface area contributed by atoms with Crippen LogP contribution in [-0.2, 0) is 26.0 Å². The van der Waals surface area contributed by atoms with Crippen LogP contribution in [0.1, 0.15) is 50.3 Å². The average molecular weight is 635 g/mol. The number of carbonyl (C=O) groups is 2. The van der Waals surface area contributed by atoms with Crippen molar-refractivity contribution in [2.45, 2.75) is 50.5 Å². The van der Waals surface area contributed by atoms with E-state index in [1.165, 1.54) is 36.4 Å². The number of ether oxygens (including phenoxy) is 1. The van der Waals surface area contributed by atoms with Crippen molar-refractivity contribution in [2.75, 3.05) is 4.31 Å². The molecule has 4 aromatic rings. The fraction of sp³-hybridized carbons (Fsp3) is 0.216. The Morgan fingerprint density at radius 3 is 2.15 bits per heavy atom. The van der Waals surface area contributed by atoms with E-state index in [2.05, 4.69) is 17.9 Å². The van der Waals surface area contributed by atoms with Gasteiger partial charge < -0.3 is 9.84 Å². The van der Waals surface area contributed by atoms with Gasteiger partial charge in [-0.1, -0.05) is 66.4 Å². The van der Waals surface area contributed by atoms with E-state index < -0.39 is 33.6 Å². The minimum Gasteiger partial charge on any atom is -0.481 e. The number of rotatable bonds is 9. The van der Waals surface area contributed by atoms with E-state index >= 15 is 0 Å². The predicted molar refractivity (Wildman–Crippen MR) is 176 cm³/mol. The highest BCUT2D eigenvalue weighted by Gasteiger charge is 2.34. The van der Waals surface area contributed by atoms with Gasteiger partial charge in [-0.05, 0) is 98.8 Å². The third-order valence-corrected chi connectivity index (χ3v) is 8.64. The fourth-order valence-electron chi connectivity index (χ4n) is 4.59. The third kappa shape index (κ3) is 8.84. The van der Waals surface area contributed by atoms with Crippen molar-refractivity contribution in [2.24, 2.45) is 5.92 Å². The van der Waals surface area contributed by atoms with Crippen molar-refractivity contribution in [3.8, 4) is 29.0 Å². The van der Waals surface area contributed by atoms with Crippen LogP contribution in [0.15, 0.2) is 108 Å². The number of anilines is 1. The Balaban J connectivity index is 1.42. The highest BCUT2D eigenvalue weighted by Crippen LogP contribution is 2.27. The van der Waals surface area contributed by atoms with E-state index in [9.17, 15) is 23.1 Å². The molecule has 1 amide bonds. The fourth-order valence-corrected chi connectivity index (χ4v) is 5.91. The Bertz CT molecular complexity index is 1900. The molecule has 234 valence electrons. The highest BCUT2D eigenvalue weighted by molar-refractivity contribution is 7.93. The minimum absolute atomic E-state index is 0.120. The van der Waals surface area contributed by atoms with Crippen LogP contribution in [0.2, 0.25) is 0 Å². The Hall–Kier alpha value is -5.38. The normalized spacial score (nSPS) is 11.8. The number of aryl methyl sites for hydroxylation is 1. The number of hydrogen-bond donors (Lipinski definition) is 1. The molecule has 0 aliphatic heterocycles. The molecule has 0 saturated carbocycles. The van der Waals surface area contributed by atoms with Gasteiger partial charge in [-0.25, -0.2) is 13.2 Å². The molecule has 0 spiro atoms. The number of nitriles is 1. The maximum absolute atomic E-state index is 13.6. The zero-order chi connectivity index (χ0) is 33.3. The number of carbonyl (C=O) groups excluding carboxylic acids is 1. The number of amides is 1. The second-order valence-electron chi connectivity index (χ2n) is 11.6. The van der Waals surface area contributed by atoms with E-state index in [0.29, 0.717) is 28.3 Å². The molecule has 9 heteroatoms. The second-order valence-corrected chi connectivity index (χ2v) is 13.4. The van der Waals surface area contributed by atoms with Crippen LogP contribution in [0.4, 0.5) is 10.5 Å². The highest BCUT2D eigenvalue weighted by atomic mass is 32.2. The number of aliphatic carboxylic acids is 1. The van der Waals surface area contributed by atoms with Crippen LogP contribution in [0.25, 0.3) is 11.1 Å². The molecule has 0 fully saturated rings. The summed E-state index contributed by atoms with van der Waals surface area (Å²) in [5.74, 6) is 4.21. The van der Waals surface area contributed by atoms with Gasteiger partial charge in [0, 0.05) is 12.0 Å². The SMILES string of the molecule is CC(C)(C)OC(=O)N(c1ccccc1)S(=O)(=O)c1ccc(C#CCC(CCc2ccc(-c3cccc(C#N)c3)cc2)C(=O)O)cc1. The Labute approximate surface area is 269 Å². The molecule has 0 aliphatic carbocycles. The van der Waals surface area contributed by atoms with E-state index in [4.69, 9.17) is 10.00 Å². The van der Waals surface area contributed by atoms with Crippen LogP contribution in [-0.4, -0.2) is 31.2 Å². The van der Waals surface area contributed by atoms with Crippen molar-refractivity contribution in [3.05, 3.63) is 120 Å². The molecule has 0 aliphatic rings. The minimum atomic E-state index is -4.32. The number of para-hydroxylation sites is 1. The summed E-state index contributed by atoms with van der Waals surface area (Å²) < 4.78 is 33.2. The van der Waals surface area contributed by atoms with Gasteiger partial charge >= 0.3 is 12.1 Å². The van der Waals surface area contributed by atoms with E-state index in [1.807, 2.05) is 42.5 Å². The van der Waals surface area contributed by atoms with Gasteiger partial charge in [0.2, 0.25) is 0 Å². The van der Waals surface area contributed by atoms with Gasteiger partial charge in [-0.3, -0.25) is 4.79 Å². The maximum Gasteiger partial charge on any atom is 0.429 e. The largest absolute Gasteiger partial charge is 0.481 e. The zero-order valence-electron chi connectivity index (χ0n) is 25.8. The first-order chi connectivity index (χ1) is 21.9. The summed E-state index contributed by atoms with van der Waals surface area (Å²) in [6.07, 6.45) is 0.0436. The summed E-state index contributed by atoms with van der Waals surface area (Å²) in [5, 5.41) is 18.9. The monoisotopic (exact) mass is 634 g/mol. The topological polar surface area (TPSA) is 125 Å². The average Bonchev–Trinajstić information content (AvgIpc) is 3.02. The van der Waals surface area contributed by atoms with Crippen molar-refractivity contribution >= 4 is 27.8 Å². The molecule has 0 radical (unpaired) electrons. The molecular formula is C37H34N2O6S. The molecule has 0 aromatic heterocycles. The Kier molecular flexibility index (Phi) is 10.6. The van der Waals surface area contributed by atoms with Crippen molar-refractivity contribution in [3.63, 3.8) is 0 Å². The lowest BCUT2D eigenvalue weighted by molar-refractivity contribution is -0.141. The van der Waals surface area contributed by atoms with E-state index in [0.717, 1.165) is 16.7 Å². The van der Waals surface area contributed by atoms with Crippen LogP contribution < -0.4 is 4.31 Å². The Morgan fingerprint density at radius 2 is 1.54 bits per heavy atom.